The van der Waals surface area contributed by atoms with Crippen LogP contribution in [-0.4, -0.2) is 69.2 Å². The molecule has 0 unspecified atom stereocenters. The van der Waals surface area contributed by atoms with Crippen LogP contribution in [0.1, 0.15) is 5.56 Å². The second-order valence-corrected chi connectivity index (χ2v) is 6.91. The van der Waals surface area contributed by atoms with Crippen molar-refractivity contribution in [3.05, 3.63) is 36.0 Å². The third-order valence-electron chi connectivity index (χ3n) is 4.71. The van der Waals surface area contributed by atoms with E-state index in [0.717, 1.165) is 19.2 Å². The van der Waals surface area contributed by atoms with Crippen molar-refractivity contribution in [3.63, 3.8) is 0 Å². The maximum Gasteiger partial charge on any atom is 0.416 e. The monoisotopic (exact) mass is 408 g/mol. The van der Waals surface area contributed by atoms with Gasteiger partial charge in [0.25, 0.3) is 0 Å². The molecule has 1 fully saturated rings. The maximum atomic E-state index is 12.9. The van der Waals surface area contributed by atoms with Gasteiger partial charge in [-0.15, -0.1) is 10.2 Å². The number of phenols is 1. The number of alkyl halides is 3. The van der Waals surface area contributed by atoms with Crippen molar-refractivity contribution in [3.8, 4) is 17.0 Å². The zero-order valence-corrected chi connectivity index (χ0v) is 15.5. The van der Waals surface area contributed by atoms with Crippen molar-refractivity contribution in [1.82, 2.24) is 24.7 Å². The number of halogens is 3. The van der Waals surface area contributed by atoms with Crippen molar-refractivity contribution in [2.24, 2.45) is 0 Å². The first kappa shape index (κ1) is 19.4. The lowest BCUT2D eigenvalue weighted by Gasteiger charge is -2.20. The van der Waals surface area contributed by atoms with Gasteiger partial charge in [-0.1, -0.05) is 0 Å². The highest BCUT2D eigenvalue weighted by Gasteiger charge is 2.31. The fraction of sp³-hybridized carbons (Fsp3) is 0.389. The standard InChI is InChI=1S/C18H19F3N6O2/c1-26-6-7-29-10-12(9-26)23-17-25-24-16(14-4-5-22-27(14)17)13-3-2-11(8-15(13)28)18(19,20)21/h2-5,8,12,28H,6-7,9-10H2,1H3,(H,23,25)/t12-/m1/s1. The van der Waals surface area contributed by atoms with Crippen LogP contribution in [0.25, 0.3) is 16.8 Å². The quantitative estimate of drug-likeness (QED) is 0.687. The van der Waals surface area contributed by atoms with Gasteiger partial charge in [-0.05, 0) is 31.3 Å². The SMILES string of the molecule is CN1CCOC[C@H](Nc2nnc(-c3ccc(C(F)(F)F)cc3O)c3ccnn23)C1. The van der Waals surface area contributed by atoms with Crippen LogP contribution in [0.5, 0.6) is 5.75 Å². The molecule has 2 N–H and O–H groups in total. The number of fused-ring (bicyclic) bond motifs is 1. The summed E-state index contributed by atoms with van der Waals surface area (Å²) in [6.07, 6.45) is -3.01. The molecule has 3 aromatic rings. The molecule has 0 saturated carbocycles. The highest BCUT2D eigenvalue weighted by atomic mass is 19.4. The summed E-state index contributed by atoms with van der Waals surface area (Å²) < 4.78 is 45.7. The van der Waals surface area contributed by atoms with Gasteiger partial charge in [0, 0.05) is 18.7 Å². The summed E-state index contributed by atoms with van der Waals surface area (Å²) in [5, 5.41) is 25.9. The number of phenolic OH excluding ortho intramolecular Hbond substituents is 1. The average Bonchev–Trinajstić information content (AvgIpc) is 3.06. The van der Waals surface area contributed by atoms with Crippen molar-refractivity contribution in [2.45, 2.75) is 12.2 Å². The first-order chi connectivity index (χ1) is 13.8. The summed E-state index contributed by atoms with van der Waals surface area (Å²) in [7, 11) is 2.00. The van der Waals surface area contributed by atoms with E-state index in [-0.39, 0.29) is 17.3 Å². The highest BCUT2D eigenvalue weighted by Crippen LogP contribution is 2.37. The molecule has 1 aliphatic heterocycles. The van der Waals surface area contributed by atoms with E-state index < -0.39 is 17.5 Å². The Bertz CT molecular complexity index is 1020. The molecule has 0 spiro atoms. The van der Waals surface area contributed by atoms with Crippen LogP contribution >= 0.6 is 0 Å². The van der Waals surface area contributed by atoms with Crippen LogP contribution < -0.4 is 5.32 Å². The molecule has 11 heteroatoms. The molecule has 3 heterocycles. The zero-order chi connectivity index (χ0) is 20.6. The number of rotatable bonds is 3. The second kappa shape index (κ2) is 7.48. The van der Waals surface area contributed by atoms with Crippen molar-refractivity contribution < 1.29 is 23.0 Å². The Hall–Kier alpha value is -2.92. The van der Waals surface area contributed by atoms with E-state index in [1.165, 1.54) is 16.8 Å². The Balaban J connectivity index is 1.68. The summed E-state index contributed by atoms with van der Waals surface area (Å²) in [6.45, 7) is 2.71. The molecule has 4 rings (SSSR count). The third kappa shape index (κ3) is 3.96. The van der Waals surface area contributed by atoms with E-state index in [9.17, 15) is 18.3 Å². The van der Waals surface area contributed by atoms with Crippen molar-refractivity contribution in [2.75, 3.05) is 38.7 Å². The van der Waals surface area contributed by atoms with Gasteiger partial charge in [-0.3, -0.25) is 0 Å². The van der Waals surface area contributed by atoms with Crippen LogP contribution in [0, 0.1) is 0 Å². The molecule has 8 nitrogen and oxygen atoms in total. The minimum Gasteiger partial charge on any atom is -0.507 e. The van der Waals surface area contributed by atoms with Gasteiger partial charge in [-0.25, -0.2) is 0 Å². The largest absolute Gasteiger partial charge is 0.507 e. The fourth-order valence-corrected chi connectivity index (χ4v) is 3.27. The normalized spacial score (nSPS) is 18.7. The fourth-order valence-electron chi connectivity index (χ4n) is 3.27. The van der Waals surface area contributed by atoms with E-state index in [1.807, 2.05) is 7.05 Å². The molecule has 1 atom stereocenters. The van der Waals surface area contributed by atoms with Crippen molar-refractivity contribution in [1.29, 1.82) is 0 Å². The number of aromatic hydroxyl groups is 1. The highest BCUT2D eigenvalue weighted by molar-refractivity contribution is 5.80. The van der Waals surface area contributed by atoms with E-state index >= 15 is 0 Å². The van der Waals surface area contributed by atoms with Gasteiger partial charge < -0.3 is 20.1 Å². The molecule has 0 amide bonds. The maximum absolute atomic E-state index is 12.9. The van der Waals surface area contributed by atoms with Gasteiger partial charge in [0.05, 0.1) is 36.5 Å². The van der Waals surface area contributed by atoms with E-state index in [0.29, 0.717) is 30.7 Å². The molecular formula is C18H19F3N6O2. The lowest BCUT2D eigenvalue weighted by molar-refractivity contribution is -0.137. The van der Waals surface area contributed by atoms with Gasteiger partial charge in [-0.2, -0.15) is 22.8 Å². The number of nitrogens with zero attached hydrogens (tertiary/aromatic N) is 5. The summed E-state index contributed by atoms with van der Waals surface area (Å²) >= 11 is 0. The Morgan fingerprint density at radius 2 is 2.07 bits per heavy atom. The van der Waals surface area contributed by atoms with E-state index in [1.54, 1.807) is 6.07 Å². The zero-order valence-electron chi connectivity index (χ0n) is 15.5. The molecule has 29 heavy (non-hydrogen) atoms. The molecule has 1 saturated heterocycles. The molecule has 154 valence electrons. The molecule has 0 aliphatic carbocycles. The number of anilines is 1. The van der Waals surface area contributed by atoms with Gasteiger partial charge in [0.2, 0.25) is 5.95 Å². The molecule has 1 aliphatic rings. The Morgan fingerprint density at radius 1 is 1.24 bits per heavy atom. The average molecular weight is 408 g/mol. The summed E-state index contributed by atoms with van der Waals surface area (Å²) in [5.41, 5.74) is -0.0685. The molecule has 0 radical (unpaired) electrons. The Labute approximate surface area is 163 Å². The minimum absolute atomic E-state index is 0.0329. The van der Waals surface area contributed by atoms with Crippen LogP contribution in [0.2, 0.25) is 0 Å². The molecule has 0 bridgehead atoms. The first-order valence-electron chi connectivity index (χ1n) is 8.97. The van der Waals surface area contributed by atoms with Gasteiger partial charge >= 0.3 is 6.18 Å². The van der Waals surface area contributed by atoms with Gasteiger partial charge in [0.15, 0.2) is 0 Å². The lowest BCUT2D eigenvalue weighted by atomic mass is 10.1. The Morgan fingerprint density at radius 3 is 2.83 bits per heavy atom. The minimum atomic E-state index is -4.55. The van der Waals surface area contributed by atoms with E-state index in [2.05, 4.69) is 25.5 Å². The van der Waals surface area contributed by atoms with Crippen LogP contribution in [0.15, 0.2) is 30.5 Å². The Kier molecular flexibility index (Phi) is 5.01. The van der Waals surface area contributed by atoms with Crippen molar-refractivity contribution >= 4 is 11.5 Å². The second-order valence-electron chi connectivity index (χ2n) is 6.91. The summed E-state index contributed by atoms with van der Waals surface area (Å²) in [6, 6.07) is 4.37. The number of likely N-dealkylation sites (N-methyl/N-ethyl adjacent to an activating group) is 1. The third-order valence-corrected chi connectivity index (χ3v) is 4.71. The summed E-state index contributed by atoms with van der Waals surface area (Å²) in [5.74, 6) is -0.152. The number of ether oxygens (including phenoxy) is 1. The van der Waals surface area contributed by atoms with Gasteiger partial charge in [0.1, 0.15) is 11.4 Å². The smallest absolute Gasteiger partial charge is 0.416 e. The predicted molar refractivity (Wildman–Crippen MR) is 98.6 cm³/mol. The number of aromatic nitrogens is 4. The lowest BCUT2D eigenvalue weighted by Crippen LogP contribution is -2.36. The number of hydrogen-bond acceptors (Lipinski definition) is 7. The predicted octanol–water partition coefficient (Wildman–Crippen LogP) is 2.26. The van der Waals surface area contributed by atoms with Crippen LogP contribution in [0.3, 0.4) is 0 Å². The number of hydrogen-bond donors (Lipinski definition) is 2. The molecule has 1 aromatic carbocycles. The summed E-state index contributed by atoms with van der Waals surface area (Å²) in [4.78, 5) is 2.13. The number of benzene rings is 1. The van der Waals surface area contributed by atoms with Crippen LogP contribution in [0.4, 0.5) is 19.1 Å². The molecular weight excluding hydrogens is 389 g/mol. The van der Waals surface area contributed by atoms with Crippen LogP contribution in [-0.2, 0) is 10.9 Å². The topological polar surface area (TPSA) is 87.8 Å². The first-order valence-corrected chi connectivity index (χ1v) is 8.97. The number of nitrogens with one attached hydrogen (secondary N) is 1. The van der Waals surface area contributed by atoms with E-state index in [4.69, 9.17) is 4.74 Å². The molecule has 2 aromatic heterocycles.